The number of phenolic OH excluding ortho intramolecular Hbond substituents is 1. The van der Waals surface area contributed by atoms with E-state index in [4.69, 9.17) is 4.74 Å². The second-order valence-electron chi connectivity index (χ2n) is 8.94. The van der Waals surface area contributed by atoms with Crippen molar-refractivity contribution in [1.29, 1.82) is 0 Å². The molecule has 0 unspecified atom stereocenters. The third-order valence-corrected chi connectivity index (χ3v) is 5.06. The summed E-state index contributed by atoms with van der Waals surface area (Å²) in [5.74, 6) is -0.693. The Morgan fingerprint density at radius 3 is 2.50 bits per heavy atom. The first kappa shape index (κ1) is 20.2. The van der Waals surface area contributed by atoms with Crippen molar-refractivity contribution in [2.45, 2.75) is 57.7 Å². The molecule has 30 heavy (non-hydrogen) atoms. The monoisotopic (exact) mass is 412 g/mol. The molecular weight excluding hydrogens is 387 g/mol. The van der Waals surface area contributed by atoms with E-state index < -0.39 is 5.82 Å². The molecule has 0 radical (unpaired) electrons. The van der Waals surface area contributed by atoms with Crippen LogP contribution in [0.15, 0.2) is 36.8 Å². The fourth-order valence-corrected chi connectivity index (χ4v) is 4.25. The minimum atomic E-state index is -0.548. The Morgan fingerprint density at radius 2 is 1.90 bits per heavy atom. The molecule has 0 aliphatic carbocycles. The molecule has 0 bridgehead atoms. The van der Waals surface area contributed by atoms with E-state index in [-0.39, 0.29) is 45.9 Å². The fourth-order valence-electron chi connectivity index (χ4n) is 4.25. The minimum Gasteiger partial charge on any atom is -0.507 e. The van der Waals surface area contributed by atoms with E-state index in [0.717, 1.165) is 12.8 Å². The van der Waals surface area contributed by atoms with Crippen LogP contribution in [0.4, 0.5) is 4.39 Å². The molecule has 1 aliphatic rings. The van der Waals surface area contributed by atoms with Gasteiger partial charge in [-0.2, -0.15) is 5.10 Å². The molecule has 1 aromatic carbocycles. The highest BCUT2D eigenvalue weighted by atomic mass is 19.1. The number of ether oxygens (including phenoxy) is 1. The number of phenols is 1. The Kier molecular flexibility index (Phi) is 4.93. The Balaban J connectivity index is 1.53. The molecule has 4 rings (SSSR count). The highest BCUT2D eigenvalue weighted by molar-refractivity contribution is 5.68. The van der Waals surface area contributed by atoms with Crippen molar-refractivity contribution < 1.29 is 14.2 Å². The van der Waals surface area contributed by atoms with Crippen molar-refractivity contribution in [3.63, 3.8) is 0 Å². The van der Waals surface area contributed by atoms with Crippen molar-refractivity contribution in [2.75, 3.05) is 0 Å². The molecule has 1 aliphatic heterocycles. The van der Waals surface area contributed by atoms with Gasteiger partial charge >= 0.3 is 6.01 Å². The number of piperidine rings is 1. The summed E-state index contributed by atoms with van der Waals surface area (Å²) in [6, 6.07) is 4.31. The van der Waals surface area contributed by atoms with Gasteiger partial charge in [0.25, 0.3) is 0 Å². The second kappa shape index (κ2) is 7.32. The fraction of sp³-hybridized carbons (Fsp3) is 0.429. The van der Waals surface area contributed by atoms with E-state index in [0.29, 0.717) is 0 Å². The predicted octanol–water partition coefficient (Wildman–Crippen LogP) is 3.26. The first-order chi connectivity index (χ1) is 14.1. The average molecular weight is 412 g/mol. The lowest BCUT2D eigenvalue weighted by Crippen LogP contribution is -2.60. The predicted molar refractivity (Wildman–Crippen MR) is 109 cm³/mol. The molecule has 0 atom stereocenters. The molecule has 8 nitrogen and oxygen atoms in total. The molecule has 158 valence electrons. The largest absolute Gasteiger partial charge is 0.507 e. The molecule has 0 saturated carbocycles. The molecule has 1 fully saturated rings. The van der Waals surface area contributed by atoms with E-state index in [1.807, 2.05) is 0 Å². The normalized spacial score (nSPS) is 18.3. The van der Waals surface area contributed by atoms with E-state index in [2.05, 4.69) is 53.3 Å². The van der Waals surface area contributed by atoms with Crippen LogP contribution < -0.4 is 10.1 Å². The average Bonchev–Trinajstić information content (AvgIpc) is 3.16. The van der Waals surface area contributed by atoms with Gasteiger partial charge in [0.1, 0.15) is 29.1 Å². The number of hydrogen-bond donors (Lipinski definition) is 2. The van der Waals surface area contributed by atoms with Gasteiger partial charge in [0.2, 0.25) is 0 Å². The first-order valence-corrected chi connectivity index (χ1v) is 9.81. The zero-order chi connectivity index (χ0) is 21.5. The molecule has 3 aromatic rings. The Morgan fingerprint density at radius 1 is 1.17 bits per heavy atom. The van der Waals surface area contributed by atoms with Gasteiger partial charge in [-0.1, -0.05) is 5.10 Å². The van der Waals surface area contributed by atoms with Gasteiger partial charge in [-0.05, 0) is 39.8 Å². The van der Waals surface area contributed by atoms with E-state index >= 15 is 0 Å². The number of nitrogens with zero attached hydrogens (tertiary/aromatic N) is 5. The maximum absolute atomic E-state index is 14.5. The van der Waals surface area contributed by atoms with Gasteiger partial charge < -0.3 is 15.2 Å². The lowest BCUT2D eigenvalue weighted by molar-refractivity contribution is 0.0491. The zero-order valence-electron chi connectivity index (χ0n) is 17.4. The van der Waals surface area contributed by atoms with Crippen LogP contribution in [0, 0.1) is 5.82 Å². The van der Waals surface area contributed by atoms with Crippen LogP contribution >= 0.6 is 0 Å². The van der Waals surface area contributed by atoms with Gasteiger partial charge in [-0.15, -0.1) is 5.10 Å². The quantitative estimate of drug-likeness (QED) is 0.679. The number of rotatable bonds is 4. The summed E-state index contributed by atoms with van der Waals surface area (Å²) in [5.41, 5.74) is 0.438. The van der Waals surface area contributed by atoms with Crippen LogP contribution in [-0.4, -0.2) is 47.3 Å². The van der Waals surface area contributed by atoms with E-state index in [1.165, 1.54) is 29.2 Å². The number of halogens is 1. The van der Waals surface area contributed by atoms with Gasteiger partial charge in [-0.25, -0.2) is 14.1 Å². The molecular formula is C21H25FN6O2. The second-order valence-corrected chi connectivity index (χ2v) is 8.94. The summed E-state index contributed by atoms with van der Waals surface area (Å²) in [5, 5.41) is 26.1. The molecule has 2 N–H and O–H groups in total. The van der Waals surface area contributed by atoms with E-state index in [1.54, 1.807) is 12.3 Å². The van der Waals surface area contributed by atoms with Crippen LogP contribution in [0.1, 0.15) is 40.5 Å². The Labute approximate surface area is 174 Å². The molecule has 0 amide bonds. The van der Waals surface area contributed by atoms with Crippen molar-refractivity contribution in [3.8, 4) is 28.7 Å². The highest BCUT2D eigenvalue weighted by Gasteiger charge is 2.39. The molecule has 2 aromatic heterocycles. The lowest BCUT2D eigenvalue weighted by atomic mass is 9.81. The summed E-state index contributed by atoms with van der Waals surface area (Å²) in [6.45, 7) is 8.54. The van der Waals surface area contributed by atoms with Crippen molar-refractivity contribution >= 4 is 0 Å². The van der Waals surface area contributed by atoms with E-state index in [9.17, 15) is 9.50 Å². The number of aromatic nitrogens is 5. The number of aromatic hydroxyl groups is 1. The SMILES string of the molecule is CC1(C)CC(Oc2ncc(-c3cc(F)c(-n4cccn4)cc3O)nn2)CC(C)(C)N1. The van der Waals surface area contributed by atoms with Crippen LogP contribution in [0.25, 0.3) is 16.9 Å². The highest BCUT2D eigenvalue weighted by Crippen LogP contribution is 2.33. The summed E-state index contributed by atoms with van der Waals surface area (Å²) < 4.78 is 21.8. The number of benzene rings is 1. The third-order valence-electron chi connectivity index (χ3n) is 5.06. The van der Waals surface area contributed by atoms with Gasteiger partial charge in [0.05, 0.1) is 6.20 Å². The molecule has 9 heteroatoms. The van der Waals surface area contributed by atoms with Crippen molar-refractivity contribution in [3.05, 3.63) is 42.6 Å². The van der Waals surface area contributed by atoms with Crippen LogP contribution in [0.3, 0.4) is 0 Å². The molecule has 3 heterocycles. The van der Waals surface area contributed by atoms with Crippen LogP contribution in [-0.2, 0) is 0 Å². The lowest BCUT2D eigenvalue weighted by Gasteiger charge is -2.45. The van der Waals surface area contributed by atoms with Gasteiger partial charge in [-0.3, -0.25) is 0 Å². The maximum atomic E-state index is 14.5. The third kappa shape index (κ3) is 4.25. The Bertz CT molecular complexity index is 1020. The standard InChI is InChI=1S/C21H25FN6O2/c1-20(2)10-13(11-21(3,4)27-20)30-19-23-12-16(25-26-19)14-8-15(22)17(9-18(14)29)28-7-5-6-24-28/h5-9,12-13,27,29H,10-11H2,1-4H3. The maximum Gasteiger partial charge on any atom is 0.335 e. The minimum absolute atomic E-state index is 0.0527. The van der Waals surface area contributed by atoms with Crippen molar-refractivity contribution in [1.82, 2.24) is 30.3 Å². The van der Waals surface area contributed by atoms with Gasteiger partial charge in [0.15, 0.2) is 0 Å². The smallest absolute Gasteiger partial charge is 0.335 e. The molecule has 1 saturated heterocycles. The summed E-state index contributed by atoms with van der Waals surface area (Å²) in [6.07, 6.45) is 6.10. The van der Waals surface area contributed by atoms with Gasteiger partial charge in [0, 0.05) is 47.9 Å². The number of hydrogen-bond acceptors (Lipinski definition) is 7. The topological polar surface area (TPSA) is 98.0 Å². The Hall–Kier alpha value is -3.07. The van der Waals surface area contributed by atoms with Crippen molar-refractivity contribution in [2.24, 2.45) is 0 Å². The van der Waals surface area contributed by atoms with Crippen LogP contribution in [0.2, 0.25) is 0 Å². The summed E-state index contributed by atoms with van der Waals surface area (Å²) in [7, 11) is 0. The number of nitrogens with one attached hydrogen (secondary N) is 1. The summed E-state index contributed by atoms with van der Waals surface area (Å²) >= 11 is 0. The van der Waals surface area contributed by atoms with Crippen LogP contribution in [0.5, 0.6) is 11.8 Å². The zero-order valence-corrected chi connectivity index (χ0v) is 17.4. The first-order valence-electron chi connectivity index (χ1n) is 9.81. The summed E-state index contributed by atoms with van der Waals surface area (Å²) in [4.78, 5) is 4.22. The molecule has 0 spiro atoms.